The Labute approximate surface area is 135 Å². The van der Waals surface area contributed by atoms with E-state index in [1.807, 2.05) is 12.3 Å². The summed E-state index contributed by atoms with van der Waals surface area (Å²) in [5.41, 5.74) is 1.24. The average Bonchev–Trinajstić information content (AvgIpc) is 3.11. The first-order valence-corrected chi connectivity index (χ1v) is 7.97. The largest absolute Gasteiger partial charge is 0.352 e. The molecule has 0 aromatic carbocycles. The number of likely N-dealkylation sites (tertiary alicyclic amines) is 1. The van der Waals surface area contributed by atoms with Gasteiger partial charge in [-0.1, -0.05) is 6.07 Å². The van der Waals surface area contributed by atoms with Crippen LogP contribution in [0, 0.1) is 0 Å². The van der Waals surface area contributed by atoms with E-state index in [1.165, 1.54) is 5.56 Å². The van der Waals surface area contributed by atoms with Crippen molar-refractivity contribution < 1.29 is 4.79 Å². The van der Waals surface area contributed by atoms with Gasteiger partial charge in [-0.05, 0) is 44.5 Å². The Morgan fingerprint density at radius 1 is 1.43 bits per heavy atom. The molecule has 7 heteroatoms. The van der Waals surface area contributed by atoms with Crippen molar-refractivity contribution in [1.82, 2.24) is 30.4 Å². The van der Waals surface area contributed by atoms with Crippen molar-refractivity contribution in [3.05, 3.63) is 41.7 Å². The Morgan fingerprint density at radius 3 is 2.87 bits per heavy atom. The lowest BCUT2D eigenvalue weighted by atomic mass is 9.94. The quantitative estimate of drug-likeness (QED) is 0.893. The van der Waals surface area contributed by atoms with Gasteiger partial charge in [-0.25, -0.2) is 4.98 Å². The third-order valence-electron chi connectivity index (χ3n) is 4.56. The molecule has 122 valence electrons. The van der Waals surface area contributed by atoms with E-state index in [2.05, 4.69) is 43.4 Å². The maximum atomic E-state index is 11.5. The summed E-state index contributed by atoms with van der Waals surface area (Å²) in [6, 6.07) is 4.46. The number of carbonyl (C=O) groups is 1. The maximum Gasteiger partial charge on any atom is 0.290 e. The van der Waals surface area contributed by atoms with Crippen LogP contribution in [0.2, 0.25) is 0 Å². The molecule has 0 aliphatic carbocycles. The molecule has 1 aliphatic rings. The van der Waals surface area contributed by atoms with Crippen LogP contribution in [0.15, 0.2) is 24.5 Å². The third-order valence-corrected chi connectivity index (χ3v) is 4.56. The lowest BCUT2D eigenvalue weighted by molar-refractivity contribution is 0.0953. The fourth-order valence-corrected chi connectivity index (χ4v) is 3.06. The van der Waals surface area contributed by atoms with Crippen molar-refractivity contribution in [1.29, 1.82) is 0 Å². The third kappa shape index (κ3) is 3.39. The van der Waals surface area contributed by atoms with Crippen molar-refractivity contribution in [3.8, 4) is 0 Å². The smallest absolute Gasteiger partial charge is 0.290 e. The van der Waals surface area contributed by atoms with Crippen LogP contribution in [0.1, 0.15) is 53.7 Å². The predicted octanol–water partition coefficient (Wildman–Crippen LogP) is 1.50. The van der Waals surface area contributed by atoms with Crippen molar-refractivity contribution in [3.63, 3.8) is 0 Å². The predicted molar refractivity (Wildman–Crippen MR) is 86.0 cm³/mol. The van der Waals surface area contributed by atoms with Gasteiger partial charge in [0.15, 0.2) is 0 Å². The topological polar surface area (TPSA) is 86.8 Å². The Hall–Kier alpha value is -2.28. The molecule has 0 bridgehead atoms. The van der Waals surface area contributed by atoms with Crippen LogP contribution in [0.25, 0.3) is 0 Å². The van der Waals surface area contributed by atoms with Crippen molar-refractivity contribution in [2.24, 2.45) is 0 Å². The number of H-pyrrole nitrogens is 1. The summed E-state index contributed by atoms with van der Waals surface area (Å²) in [5, 5.41) is 9.45. The number of pyridine rings is 1. The van der Waals surface area contributed by atoms with Gasteiger partial charge >= 0.3 is 0 Å². The van der Waals surface area contributed by atoms with Gasteiger partial charge in [-0.15, -0.1) is 5.10 Å². The zero-order valence-electron chi connectivity index (χ0n) is 13.5. The number of nitrogens with zero attached hydrogens (tertiary/aromatic N) is 4. The number of piperidine rings is 1. The SMILES string of the molecule is CNC(=O)c1n[nH]c(C2CCN(C(C)c3cccnc3)CC2)n1. The van der Waals surface area contributed by atoms with Gasteiger partial charge in [-0.3, -0.25) is 19.8 Å². The molecule has 1 fully saturated rings. The van der Waals surface area contributed by atoms with Gasteiger partial charge in [0.1, 0.15) is 5.82 Å². The Balaban J connectivity index is 1.60. The minimum atomic E-state index is -0.255. The normalized spacial score (nSPS) is 17.8. The number of amides is 1. The zero-order chi connectivity index (χ0) is 16.2. The van der Waals surface area contributed by atoms with Crippen LogP contribution < -0.4 is 5.32 Å². The number of nitrogens with one attached hydrogen (secondary N) is 2. The lowest BCUT2D eigenvalue weighted by Crippen LogP contribution is -2.35. The van der Waals surface area contributed by atoms with Crippen LogP contribution in [0.5, 0.6) is 0 Å². The zero-order valence-corrected chi connectivity index (χ0v) is 13.5. The molecule has 23 heavy (non-hydrogen) atoms. The Bertz CT molecular complexity index is 648. The molecule has 3 heterocycles. The van der Waals surface area contributed by atoms with Gasteiger partial charge in [0, 0.05) is 31.4 Å². The molecule has 7 nitrogen and oxygen atoms in total. The standard InChI is InChI=1S/C16H22N6O/c1-11(13-4-3-7-18-10-13)22-8-5-12(6-9-22)14-19-15(21-20-14)16(23)17-2/h3-4,7,10-12H,5-6,8-9H2,1-2H3,(H,17,23)(H,19,20,21). The lowest BCUT2D eigenvalue weighted by Gasteiger charge is -2.35. The molecule has 2 aromatic rings. The molecular formula is C16H22N6O. The highest BCUT2D eigenvalue weighted by molar-refractivity contribution is 5.89. The molecule has 1 amide bonds. The minimum absolute atomic E-state index is 0.216. The van der Waals surface area contributed by atoms with E-state index < -0.39 is 0 Å². The van der Waals surface area contributed by atoms with E-state index in [1.54, 1.807) is 13.2 Å². The first kappa shape index (κ1) is 15.6. The second-order valence-electron chi connectivity index (χ2n) is 5.90. The van der Waals surface area contributed by atoms with E-state index >= 15 is 0 Å². The van der Waals surface area contributed by atoms with Crippen molar-refractivity contribution in [2.45, 2.75) is 31.7 Å². The molecular weight excluding hydrogens is 292 g/mol. The monoisotopic (exact) mass is 314 g/mol. The molecule has 2 N–H and O–H groups in total. The molecule has 0 spiro atoms. The summed E-state index contributed by atoms with van der Waals surface area (Å²) >= 11 is 0. The van der Waals surface area contributed by atoms with E-state index in [0.29, 0.717) is 12.0 Å². The van der Waals surface area contributed by atoms with Gasteiger partial charge < -0.3 is 5.32 Å². The van der Waals surface area contributed by atoms with E-state index in [0.717, 1.165) is 31.8 Å². The maximum absolute atomic E-state index is 11.5. The van der Waals surface area contributed by atoms with E-state index in [-0.39, 0.29) is 11.7 Å². The summed E-state index contributed by atoms with van der Waals surface area (Å²) in [6.45, 7) is 4.21. The summed E-state index contributed by atoms with van der Waals surface area (Å²) in [4.78, 5) is 22.5. The number of aromatic nitrogens is 4. The first-order chi connectivity index (χ1) is 11.2. The van der Waals surface area contributed by atoms with Crippen LogP contribution in [-0.2, 0) is 0 Å². The highest BCUT2D eigenvalue weighted by Gasteiger charge is 2.27. The van der Waals surface area contributed by atoms with Gasteiger partial charge in [0.05, 0.1) is 0 Å². The van der Waals surface area contributed by atoms with Gasteiger partial charge in [-0.2, -0.15) is 0 Å². The van der Waals surface area contributed by atoms with Crippen molar-refractivity contribution in [2.75, 3.05) is 20.1 Å². The van der Waals surface area contributed by atoms with Gasteiger partial charge in [0.25, 0.3) is 5.91 Å². The molecule has 1 saturated heterocycles. The summed E-state index contributed by atoms with van der Waals surface area (Å²) < 4.78 is 0. The molecule has 2 aromatic heterocycles. The second-order valence-corrected chi connectivity index (χ2v) is 5.90. The van der Waals surface area contributed by atoms with Crippen LogP contribution in [-0.4, -0.2) is 51.1 Å². The molecule has 1 aliphatic heterocycles. The molecule has 1 atom stereocenters. The highest BCUT2D eigenvalue weighted by Crippen LogP contribution is 2.30. The second kappa shape index (κ2) is 6.87. The van der Waals surface area contributed by atoms with E-state index in [4.69, 9.17) is 0 Å². The number of aromatic amines is 1. The van der Waals surface area contributed by atoms with Crippen LogP contribution >= 0.6 is 0 Å². The van der Waals surface area contributed by atoms with Crippen molar-refractivity contribution >= 4 is 5.91 Å². The summed E-state index contributed by atoms with van der Waals surface area (Å²) in [5.74, 6) is 1.11. The average molecular weight is 314 g/mol. The highest BCUT2D eigenvalue weighted by atomic mass is 16.2. The number of carbonyl (C=O) groups excluding carboxylic acids is 1. The minimum Gasteiger partial charge on any atom is -0.352 e. The fourth-order valence-electron chi connectivity index (χ4n) is 3.06. The molecule has 0 saturated carbocycles. The number of hydrogen-bond donors (Lipinski definition) is 2. The van der Waals surface area contributed by atoms with Crippen LogP contribution in [0.4, 0.5) is 0 Å². The van der Waals surface area contributed by atoms with Gasteiger partial charge in [0.2, 0.25) is 5.82 Å². The Kier molecular flexibility index (Phi) is 4.66. The Morgan fingerprint density at radius 2 is 2.22 bits per heavy atom. The number of rotatable bonds is 4. The number of hydrogen-bond acceptors (Lipinski definition) is 5. The molecule has 0 radical (unpaired) electrons. The first-order valence-electron chi connectivity index (χ1n) is 7.97. The molecule has 1 unspecified atom stereocenters. The molecule has 3 rings (SSSR count). The van der Waals surface area contributed by atoms with E-state index in [9.17, 15) is 4.79 Å². The fraction of sp³-hybridized carbons (Fsp3) is 0.500. The summed E-state index contributed by atoms with van der Waals surface area (Å²) in [6.07, 6.45) is 5.75. The summed E-state index contributed by atoms with van der Waals surface area (Å²) in [7, 11) is 1.58. The van der Waals surface area contributed by atoms with Crippen LogP contribution in [0.3, 0.4) is 0 Å².